The van der Waals surface area contributed by atoms with Crippen LogP contribution in [0.1, 0.15) is 24.1 Å². The normalized spacial score (nSPS) is 11.6. The van der Waals surface area contributed by atoms with Gasteiger partial charge in [-0.15, -0.1) is 0 Å². The average Bonchev–Trinajstić information content (AvgIpc) is 2.84. The molecule has 0 saturated carbocycles. The molecule has 100 valence electrons. The summed E-state index contributed by atoms with van der Waals surface area (Å²) < 4.78 is 5.45. The van der Waals surface area contributed by atoms with Gasteiger partial charge < -0.3 is 15.5 Å². The van der Waals surface area contributed by atoms with E-state index in [0.717, 1.165) is 18.0 Å². The Hall–Kier alpha value is -2.30. The van der Waals surface area contributed by atoms with Crippen molar-refractivity contribution in [2.24, 2.45) is 10.7 Å². The molecule has 0 radical (unpaired) electrons. The van der Waals surface area contributed by atoms with Crippen molar-refractivity contribution < 1.29 is 4.42 Å². The number of nitrogens with one attached hydrogen (secondary N) is 1. The predicted molar refractivity (Wildman–Crippen MR) is 76.0 cm³/mol. The maximum atomic E-state index is 5.82. The van der Waals surface area contributed by atoms with Crippen molar-refractivity contribution in [2.75, 3.05) is 5.32 Å². The van der Waals surface area contributed by atoms with Crippen LogP contribution in [0.25, 0.3) is 0 Å². The minimum Gasteiger partial charge on any atom is -0.444 e. The second-order valence-electron chi connectivity index (χ2n) is 4.27. The average molecular weight is 258 g/mol. The summed E-state index contributed by atoms with van der Waals surface area (Å²) in [5, 5.41) is 3.04. The number of anilines is 1. The predicted octanol–water partition coefficient (Wildman–Crippen LogP) is 2.47. The quantitative estimate of drug-likeness (QED) is 0.652. The summed E-state index contributed by atoms with van der Waals surface area (Å²) in [5.41, 5.74) is 7.91. The molecular weight excluding hydrogens is 240 g/mol. The molecule has 1 heterocycles. The van der Waals surface area contributed by atoms with Gasteiger partial charge in [-0.25, -0.2) is 9.98 Å². The summed E-state index contributed by atoms with van der Waals surface area (Å²) >= 11 is 0. The zero-order chi connectivity index (χ0) is 13.7. The van der Waals surface area contributed by atoms with Crippen LogP contribution in [-0.2, 0) is 13.0 Å². The summed E-state index contributed by atoms with van der Waals surface area (Å²) in [6, 6.07) is 7.94. The van der Waals surface area contributed by atoms with E-state index in [2.05, 4.69) is 15.3 Å². The molecule has 0 aliphatic carbocycles. The number of nitrogens with two attached hydrogens (primary N) is 1. The van der Waals surface area contributed by atoms with E-state index in [9.17, 15) is 0 Å². The van der Waals surface area contributed by atoms with Gasteiger partial charge in [0, 0.05) is 12.1 Å². The van der Waals surface area contributed by atoms with Crippen molar-refractivity contribution in [1.82, 2.24) is 4.98 Å². The molecule has 2 aromatic rings. The van der Waals surface area contributed by atoms with Crippen molar-refractivity contribution in [3.05, 3.63) is 47.7 Å². The summed E-state index contributed by atoms with van der Waals surface area (Å²) in [7, 11) is 0. The van der Waals surface area contributed by atoms with Crippen LogP contribution in [0, 0.1) is 6.92 Å². The van der Waals surface area contributed by atoms with E-state index in [1.807, 2.05) is 38.1 Å². The van der Waals surface area contributed by atoms with Crippen molar-refractivity contribution in [1.29, 1.82) is 0 Å². The van der Waals surface area contributed by atoms with Gasteiger partial charge in [0.05, 0.1) is 6.20 Å². The highest BCUT2D eigenvalue weighted by atomic mass is 16.4. The fourth-order valence-electron chi connectivity index (χ4n) is 1.66. The third kappa shape index (κ3) is 3.84. The molecule has 1 aromatic heterocycles. The van der Waals surface area contributed by atoms with E-state index in [-0.39, 0.29) is 0 Å². The Morgan fingerprint density at radius 2 is 2.32 bits per heavy atom. The minimum atomic E-state index is 0.361. The van der Waals surface area contributed by atoms with Gasteiger partial charge in [-0.05, 0) is 24.6 Å². The summed E-state index contributed by atoms with van der Waals surface area (Å²) in [4.78, 5) is 8.33. The lowest BCUT2D eigenvalue weighted by Crippen LogP contribution is -2.22. The first kappa shape index (κ1) is 13.1. The third-order valence-corrected chi connectivity index (χ3v) is 2.60. The van der Waals surface area contributed by atoms with Gasteiger partial charge in [0.2, 0.25) is 0 Å². The number of hydrogen-bond donors (Lipinski definition) is 2. The lowest BCUT2D eigenvalue weighted by Gasteiger charge is -2.05. The van der Waals surface area contributed by atoms with Crippen LogP contribution in [0.4, 0.5) is 5.69 Å². The van der Waals surface area contributed by atoms with Crippen molar-refractivity contribution in [2.45, 2.75) is 26.8 Å². The fourth-order valence-corrected chi connectivity index (χ4v) is 1.66. The Morgan fingerprint density at radius 1 is 1.47 bits per heavy atom. The number of nitrogens with zero attached hydrogens (tertiary/aromatic N) is 2. The van der Waals surface area contributed by atoms with Crippen LogP contribution in [0.3, 0.4) is 0 Å². The molecule has 5 nitrogen and oxygen atoms in total. The van der Waals surface area contributed by atoms with Crippen LogP contribution in [-0.4, -0.2) is 10.9 Å². The zero-order valence-electron chi connectivity index (χ0n) is 11.2. The highest BCUT2D eigenvalue weighted by Gasteiger charge is 2.01. The Balaban J connectivity index is 1.95. The molecule has 0 unspecified atom stereocenters. The van der Waals surface area contributed by atoms with E-state index in [0.29, 0.717) is 18.3 Å². The van der Waals surface area contributed by atoms with Crippen LogP contribution in [0.15, 0.2) is 39.9 Å². The summed E-state index contributed by atoms with van der Waals surface area (Å²) in [6.45, 7) is 4.41. The molecular formula is C14H18N4O. The van der Waals surface area contributed by atoms with Crippen molar-refractivity contribution >= 4 is 11.6 Å². The molecule has 3 N–H and O–H groups in total. The monoisotopic (exact) mass is 258 g/mol. The van der Waals surface area contributed by atoms with Gasteiger partial charge in [-0.2, -0.15) is 0 Å². The van der Waals surface area contributed by atoms with Crippen LogP contribution < -0.4 is 11.1 Å². The highest BCUT2D eigenvalue weighted by molar-refractivity contribution is 5.92. The summed E-state index contributed by atoms with van der Waals surface area (Å²) in [6.07, 6.45) is 2.46. The zero-order valence-corrected chi connectivity index (χ0v) is 11.2. The van der Waals surface area contributed by atoms with E-state index >= 15 is 0 Å². The Labute approximate surface area is 112 Å². The minimum absolute atomic E-state index is 0.361. The molecule has 0 aliphatic heterocycles. The van der Waals surface area contributed by atoms with Crippen molar-refractivity contribution in [3.8, 4) is 0 Å². The number of aliphatic imine (C=N–C) groups is 1. The number of oxazole rings is 1. The number of rotatable bonds is 4. The SMILES string of the molecule is CCc1ncc(CN=C(N)Nc2cccc(C)c2)o1. The second-order valence-corrected chi connectivity index (χ2v) is 4.27. The molecule has 5 heteroatoms. The first-order valence-electron chi connectivity index (χ1n) is 6.24. The van der Waals surface area contributed by atoms with E-state index in [1.54, 1.807) is 6.20 Å². The molecule has 19 heavy (non-hydrogen) atoms. The molecule has 0 spiro atoms. The van der Waals surface area contributed by atoms with Crippen LogP contribution >= 0.6 is 0 Å². The standard InChI is InChI=1S/C14H18N4O/c1-3-13-16-8-12(19-13)9-17-14(15)18-11-6-4-5-10(2)7-11/h4-8H,3,9H2,1-2H3,(H3,15,17,18). The molecule has 0 saturated heterocycles. The van der Waals surface area contributed by atoms with Gasteiger partial charge in [0.15, 0.2) is 11.9 Å². The van der Waals surface area contributed by atoms with Gasteiger partial charge in [0.1, 0.15) is 12.3 Å². The number of aryl methyl sites for hydroxylation is 2. The fraction of sp³-hybridized carbons (Fsp3) is 0.286. The molecule has 0 atom stereocenters. The lowest BCUT2D eigenvalue weighted by atomic mass is 10.2. The Bertz CT molecular complexity index is 574. The Kier molecular flexibility index (Phi) is 4.18. The van der Waals surface area contributed by atoms with E-state index in [1.165, 1.54) is 5.56 Å². The molecule has 1 aromatic carbocycles. The molecule has 0 bridgehead atoms. The largest absolute Gasteiger partial charge is 0.444 e. The van der Waals surface area contributed by atoms with E-state index in [4.69, 9.17) is 10.2 Å². The number of aromatic nitrogens is 1. The third-order valence-electron chi connectivity index (χ3n) is 2.60. The number of benzene rings is 1. The van der Waals surface area contributed by atoms with Crippen LogP contribution in [0.2, 0.25) is 0 Å². The smallest absolute Gasteiger partial charge is 0.194 e. The number of guanidine groups is 1. The van der Waals surface area contributed by atoms with Crippen molar-refractivity contribution in [3.63, 3.8) is 0 Å². The molecule has 0 fully saturated rings. The first-order chi connectivity index (χ1) is 9.17. The second kappa shape index (κ2) is 6.04. The van der Waals surface area contributed by atoms with Gasteiger partial charge in [-0.3, -0.25) is 0 Å². The van der Waals surface area contributed by atoms with Gasteiger partial charge in [0.25, 0.3) is 0 Å². The first-order valence-corrected chi connectivity index (χ1v) is 6.24. The van der Waals surface area contributed by atoms with Gasteiger partial charge >= 0.3 is 0 Å². The molecule has 2 rings (SSSR count). The topological polar surface area (TPSA) is 76.4 Å². The highest BCUT2D eigenvalue weighted by Crippen LogP contribution is 2.09. The number of hydrogen-bond acceptors (Lipinski definition) is 3. The Morgan fingerprint density at radius 3 is 3.00 bits per heavy atom. The van der Waals surface area contributed by atoms with Gasteiger partial charge in [-0.1, -0.05) is 19.1 Å². The van der Waals surface area contributed by atoms with Crippen LogP contribution in [0.5, 0.6) is 0 Å². The lowest BCUT2D eigenvalue weighted by molar-refractivity contribution is 0.462. The molecule has 0 aliphatic rings. The van der Waals surface area contributed by atoms with E-state index < -0.39 is 0 Å². The maximum absolute atomic E-state index is 5.82. The maximum Gasteiger partial charge on any atom is 0.194 e. The summed E-state index contributed by atoms with van der Waals surface area (Å²) in [5.74, 6) is 1.79. The molecule has 0 amide bonds.